The molecule has 0 amide bonds. The Morgan fingerprint density at radius 1 is 1.36 bits per heavy atom. The van der Waals surface area contributed by atoms with Crippen molar-refractivity contribution in [3.8, 4) is 0 Å². The predicted molar refractivity (Wildman–Crippen MR) is 48.4 cm³/mol. The van der Waals surface area contributed by atoms with E-state index in [2.05, 4.69) is 0 Å². The first-order chi connectivity index (χ1) is 5.13. The van der Waals surface area contributed by atoms with E-state index in [-0.39, 0.29) is 11.7 Å². The van der Waals surface area contributed by atoms with Gasteiger partial charge in [0.25, 0.3) is 0 Å². The fourth-order valence-corrected chi connectivity index (χ4v) is 0.877. The molecule has 1 heteroatoms. The number of carbonyl (C=O) groups excluding carboxylic acids is 1. The molecule has 0 aromatic rings. The van der Waals surface area contributed by atoms with Crippen LogP contribution in [0.15, 0.2) is 23.8 Å². The van der Waals surface area contributed by atoms with Gasteiger partial charge in [0.1, 0.15) is 0 Å². The van der Waals surface area contributed by atoms with Crippen molar-refractivity contribution in [2.75, 3.05) is 0 Å². The molecule has 0 bridgehead atoms. The van der Waals surface area contributed by atoms with Gasteiger partial charge < -0.3 is 0 Å². The molecule has 0 aliphatic heterocycles. The quantitative estimate of drug-likeness (QED) is 0.449. The zero-order valence-electron chi connectivity index (χ0n) is 7.72. The van der Waals surface area contributed by atoms with Crippen LogP contribution < -0.4 is 0 Å². The maximum atomic E-state index is 11.3. The van der Waals surface area contributed by atoms with Crippen LogP contribution in [0, 0.1) is 5.92 Å². The van der Waals surface area contributed by atoms with Gasteiger partial charge in [-0.3, -0.25) is 4.79 Å². The normalized spacial score (nSPS) is 15.5. The van der Waals surface area contributed by atoms with E-state index in [1.54, 1.807) is 0 Å². The van der Waals surface area contributed by atoms with Crippen molar-refractivity contribution in [1.82, 2.24) is 0 Å². The summed E-state index contributed by atoms with van der Waals surface area (Å²) in [5.74, 6) is 0.238. The second-order valence-electron chi connectivity index (χ2n) is 2.65. The zero-order valence-corrected chi connectivity index (χ0v) is 7.72. The number of Topliss-reactive ketones (excluding diaryl/α,β-unsaturated/α-hetero) is 1. The number of hydrogen-bond donors (Lipinski definition) is 0. The topological polar surface area (TPSA) is 17.1 Å². The van der Waals surface area contributed by atoms with E-state index in [0.29, 0.717) is 0 Å². The molecule has 0 aromatic carbocycles. The first-order valence-electron chi connectivity index (χ1n) is 3.93. The second-order valence-corrected chi connectivity index (χ2v) is 2.65. The molecule has 1 nitrogen and oxygen atoms in total. The molecule has 0 spiro atoms. The minimum Gasteiger partial charge on any atom is -0.294 e. The van der Waals surface area contributed by atoms with Crippen LogP contribution in [0.3, 0.4) is 0 Å². The molecular formula is C10H16O. The largest absolute Gasteiger partial charge is 0.294 e. The van der Waals surface area contributed by atoms with Crippen molar-refractivity contribution in [3.63, 3.8) is 0 Å². The minimum atomic E-state index is 0.0243. The molecular weight excluding hydrogens is 136 g/mol. The summed E-state index contributed by atoms with van der Waals surface area (Å²) in [5, 5.41) is 0. The van der Waals surface area contributed by atoms with Crippen LogP contribution in [0.4, 0.5) is 0 Å². The fraction of sp³-hybridized carbons (Fsp3) is 0.500. The third-order valence-electron chi connectivity index (χ3n) is 1.72. The van der Waals surface area contributed by atoms with Gasteiger partial charge >= 0.3 is 0 Å². The standard InChI is InChI=1S/C10H16O/c1-5-7-9(4)10(11)8(3)6-2/h5-7,9H,1-4H3/b7-5?,8-6+. The van der Waals surface area contributed by atoms with Crippen molar-refractivity contribution in [3.05, 3.63) is 23.8 Å². The number of ketones is 1. The summed E-state index contributed by atoms with van der Waals surface area (Å²) in [4.78, 5) is 11.3. The Kier molecular flexibility index (Phi) is 4.51. The first-order valence-corrected chi connectivity index (χ1v) is 3.93. The maximum absolute atomic E-state index is 11.3. The van der Waals surface area contributed by atoms with E-state index in [0.717, 1.165) is 5.57 Å². The highest BCUT2D eigenvalue weighted by Crippen LogP contribution is 2.06. The lowest BCUT2D eigenvalue weighted by Gasteiger charge is -2.03. The van der Waals surface area contributed by atoms with Crippen LogP contribution in [-0.4, -0.2) is 5.78 Å². The summed E-state index contributed by atoms with van der Waals surface area (Å²) in [7, 11) is 0. The number of allylic oxidation sites excluding steroid dienone is 4. The lowest BCUT2D eigenvalue weighted by molar-refractivity contribution is -0.117. The van der Waals surface area contributed by atoms with E-state index in [1.807, 2.05) is 45.9 Å². The lowest BCUT2D eigenvalue weighted by atomic mass is 10.00. The number of carbonyl (C=O) groups is 1. The molecule has 0 heterocycles. The summed E-state index contributed by atoms with van der Waals surface area (Å²) < 4.78 is 0. The van der Waals surface area contributed by atoms with Crippen LogP contribution in [0.2, 0.25) is 0 Å². The molecule has 0 saturated carbocycles. The predicted octanol–water partition coefficient (Wildman–Crippen LogP) is 2.73. The van der Waals surface area contributed by atoms with Crippen LogP contribution in [0.1, 0.15) is 27.7 Å². The van der Waals surface area contributed by atoms with Crippen LogP contribution in [0.25, 0.3) is 0 Å². The molecule has 0 fully saturated rings. The van der Waals surface area contributed by atoms with Gasteiger partial charge in [0.2, 0.25) is 0 Å². The van der Waals surface area contributed by atoms with Crippen LogP contribution >= 0.6 is 0 Å². The molecule has 0 radical (unpaired) electrons. The Hall–Kier alpha value is -0.850. The SMILES string of the molecule is CC=CC(C)C(=O)/C(C)=C/C. The van der Waals surface area contributed by atoms with Gasteiger partial charge in [-0.1, -0.05) is 25.2 Å². The molecule has 11 heavy (non-hydrogen) atoms. The van der Waals surface area contributed by atoms with Gasteiger partial charge in [0, 0.05) is 5.92 Å². The molecule has 1 atom stereocenters. The van der Waals surface area contributed by atoms with Gasteiger partial charge in [-0.25, -0.2) is 0 Å². The smallest absolute Gasteiger partial charge is 0.164 e. The summed E-state index contributed by atoms with van der Waals surface area (Å²) in [6, 6.07) is 0. The highest BCUT2D eigenvalue weighted by Gasteiger charge is 2.09. The Balaban J connectivity index is 4.25. The van der Waals surface area contributed by atoms with Crippen molar-refractivity contribution in [2.24, 2.45) is 5.92 Å². The molecule has 0 aliphatic rings. The highest BCUT2D eigenvalue weighted by atomic mass is 16.1. The fourth-order valence-electron chi connectivity index (χ4n) is 0.877. The van der Waals surface area contributed by atoms with E-state index in [4.69, 9.17) is 0 Å². The average molecular weight is 152 g/mol. The minimum absolute atomic E-state index is 0.0243. The van der Waals surface area contributed by atoms with E-state index >= 15 is 0 Å². The third kappa shape index (κ3) is 3.17. The van der Waals surface area contributed by atoms with Crippen molar-refractivity contribution in [2.45, 2.75) is 27.7 Å². The van der Waals surface area contributed by atoms with Gasteiger partial charge in [-0.2, -0.15) is 0 Å². The maximum Gasteiger partial charge on any atom is 0.164 e. The molecule has 0 rings (SSSR count). The third-order valence-corrected chi connectivity index (χ3v) is 1.72. The number of rotatable bonds is 3. The van der Waals surface area contributed by atoms with Crippen molar-refractivity contribution >= 4 is 5.78 Å². The molecule has 0 N–H and O–H groups in total. The highest BCUT2D eigenvalue weighted by molar-refractivity contribution is 5.97. The van der Waals surface area contributed by atoms with Crippen LogP contribution in [0.5, 0.6) is 0 Å². The second kappa shape index (κ2) is 4.89. The Morgan fingerprint density at radius 3 is 2.27 bits per heavy atom. The zero-order chi connectivity index (χ0) is 8.85. The number of hydrogen-bond acceptors (Lipinski definition) is 1. The van der Waals surface area contributed by atoms with Gasteiger partial charge in [0.15, 0.2) is 5.78 Å². The van der Waals surface area contributed by atoms with E-state index < -0.39 is 0 Å². The summed E-state index contributed by atoms with van der Waals surface area (Å²) in [6.45, 7) is 7.57. The Bertz CT molecular complexity index is 187. The Labute approximate surface area is 68.8 Å². The van der Waals surface area contributed by atoms with Gasteiger partial charge in [0.05, 0.1) is 0 Å². The van der Waals surface area contributed by atoms with E-state index in [1.165, 1.54) is 0 Å². The molecule has 0 aliphatic carbocycles. The molecule has 0 aromatic heterocycles. The molecule has 0 saturated heterocycles. The van der Waals surface area contributed by atoms with Gasteiger partial charge in [-0.05, 0) is 26.3 Å². The van der Waals surface area contributed by atoms with Crippen molar-refractivity contribution < 1.29 is 4.79 Å². The molecule has 1 unspecified atom stereocenters. The monoisotopic (exact) mass is 152 g/mol. The van der Waals surface area contributed by atoms with E-state index in [9.17, 15) is 4.79 Å². The molecule has 62 valence electrons. The first kappa shape index (κ1) is 10.2. The Morgan fingerprint density at radius 2 is 1.91 bits per heavy atom. The summed E-state index contributed by atoms with van der Waals surface area (Å²) >= 11 is 0. The van der Waals surface area contributed by atoms with Crippen molar-refractivity contribution in [1.29, 1.82) is 0 Å². The average Bonchev–Trinajstić information content (AvgIpc) is 2.02. The lowest BCUT2D eigenvalue weighted by Crippen LogP contribution is -2.08. The summed E-state index contributed by atoms with van der Waals surface area (Å²) in [6.07, 6.45) is 5.67. The van der Waals surface area contributed by atoms with Gasteiger partial charge in [-0.15, -0.1) is 0 Å². The van der Waals surface area contributed by atoms with Crippen LogP contribution in [-0.2, 0) is 4.79 Å². The summed E-state index contributed by atoms with van der Waals surface area (Å²) in [5.41, 5.74) is 0.843.